The van der Waals surface area contributed by atoms with Gasteiger partial charge in [0, 0.05) is 10.4 Å². The number of aliphatic hydroxyl groups is 1. The number of methoxy groups -OCH3 is 1. The molecule has 0 bridgehead atoms. The Morgan fingerprint density at radius 3 is 2.65 bits per heavy atom. The van der Waals surface area contributed by atoms with E-state index >= 15 is 0 Å². The van der Waals surface area contributed by atoms with Gasteiger partial charge >= 0.3 is 0 Å². The average molecular weight is 252 g/mol. The first-order valence-electron chi connectivity index (χ1n) is 5.20. The summed E-state index contributed by atoms with van der Waals surface area (Å²) in [6, 6.07) is 8.51. The van der Waals surface area contributed by atoms with Gasteiger partial charge in [0.05, 0.1) is 12.0 Å². The van der Waals surface area contributed by atoms with Crippen molar-refractivity contribution in [1.29, 1.82) is 0 Å². The number of rotatable bonds is 3. The quantitative estimate of drug-likeness (QED) is 0.908. The van der Waals surface area contributed by atoms with Crippen molar-refractivity contribution in [1.82, 2.24) is 0 Å². The third kappa shape index (κ3) is 2.33. The summed E-state index contributed by atoms with van der Waals surface area (Å²) in [5.41, 5.74) is 0.579. The van der Waals surface area contributed by atoms with E-state index in [0.717, 1.165) is 4.88 Å². The lowest BCUT2D eigenvalue weighted by Crippen LogP contribution is -2.01. The van der Waals surface area contributed by atoms with E-state index in [-0.39, 0.29) is 5.82 Å². The Morgan fingerprint density at radius 2 is 2.06 bits per heavy atom. The van der Waals surface area contributed by atoms with Gasteiger partial charge in [-0.05, 0) is 19.1 Å². The molecule has 0 fully saturated rings. The highest BCUT2D eigenvalue weighted by Crippen LogP contribution is 2.35. The summed E-state index contributed by atoms with van der Waals surface area (Å²) < 4.78 is 18.7. The number of benzene rings is 1. The van der Waals surface area contributed by atoms with Gasteiger partial charge in [-0.3, -0.25) is 0 Å². The summed E-state index contributed by atoms with van der Waals surface area (Å²) in [5.74, 6) is 0.191. The number of halogens is 1. The summed E-state index contributed by atoms with van der Waals surface area (Å²) in [5, 5.41) is 10.2. The third-order valence-electron chi connectivity index (χ3n) is 2.52. The number of para-hydroxylation sites is 1. The van der Waals surface area contributed by atoms with Gasteiger partial charge in [0.1, 0.15) is 17.7 Å². The van der Waals surface area contributed by atoms with E-state index in [1.54, 1.807) is 18.2 Å². The van der Waals surface area contributed by atoms with Gasteiger partial charge < -0.3 is 9.84 Å². The van der Waals surface area contributed by atoms with Crippen LogP contribution in [0.3, 0.4) is 0 Å². The molecule has 0 amide bonds. The molecule has 0 saturated carbocycles. The maximum absolute atomic E-state index is 13.6. The van der Waals surface area contributed by atoms with Crippen molar-refractivity contribution in [3.8, 4) is 5.75 Å². The van der Waals surface area contributed by atoms with Gasteiger partial charge in [-0.25, -0.2) is 4.39 Å². The minimum absolute atomic E-state index is 0.326. The molecule has 1 N–H and O–H groups in total. The van der Waals surface area contributed by atoms with Crippen molar-refractivity contribution in [2.75, 3.05) is 7.11 Å². The second-order valence-corrected chi connectivity index (χ2v) is 5.00. The van der Waals surface area contributed by atoms with E-state index in [0.29, 0.717) is 16.2 Å². The average Bonchev–Trinajstić information content (AvgIpc) is 2.67. The second-order valence-electron chi connectivity index (χ2n) is 3.71. The highest BCUT2D eigenvalue weighted by atomic mass is 32.1. The molecule has 0 saturated heterocycles. The zero-order chi connectivity index (χ0) is 12.4. The predicted molar refractivity (Wildman–Crippen MR) is 66.1 cm³/mol. The lowest BCUT2D eigenvalue weighted by Gasteiger charge is -2.13. The van der Waals surface area contributed by atoms with Crippen LogP contribution in [0.15, 0.2) is 30.3 Å². The molecular weight excluding hydrogens is 239 g/mol. The lowest BCUT2D eigenvalue weighted by molar-refractivity contribution is 0.214. The van der Waals surface area contributed by atoms with Crippen molar-refractivity contribution in [3.63, 3.8) is 0 Å². The molecule has 90 valence electrons. The van der Waals surface area contributed by atoms with Crippen LogP contribution < -0.4 is 4.74 Å². The molecule has 17 heavy (non-hydrogen) atoms. The monoisotopic (exact) mass is 252 g/mol. The molecule has 1 aromatic carbocycles. The van der Waals surface area contributed by atoms with E-state index in [2.05, 4.69) is 0 Å². The van der Waals surface area contributed by atoms with Crippen molar-refractivity contribution in [2.24, 2.45) is 0 Å². The van der Waals surface area contributed by atoms with Crippen LogP contribution in [0.5, 0.6) is 5.75 Å². The normalized spacial score (nSPS) is 12.5. The first-order valence-corrected chi connectivity index (χ1v) is 6.02. The molecule has 1 heterocycles. The predicted octanol–water partition coefficient (Wildman–Crippen LogP) is 3.29. The number of aryl methyl sites for hydroxylation is 1. The Bertz CT molecular complexity index is 522. The lowest BCUT2D eigenvalue weighted by atomic mass is 10.1. The molecule has 0 aliphatic heterocycles. The second kappa shape index (κ2) is 4.85. The Labute approximate surface area is 103 Å². The van der Waals surface area contributed by atoms with Crippen LogP contribution >= 0.6 is 11.3 Å². The molecular formula is C13H13FO2S. The van der Waals surface area contributed by atoms with Gasteiger partial charge in [0.25, 0.3) is 0 Å². The molecule has 0 radical (unpaired) electrons. The molecule has 4 heteroatoms. The van der Waals surface area contributed by atoms with Crippen LogP contribution in [-0.4, -0.2) is 12.2 Å². The van der Waals surface area contributed by atoms with Crippen molar-refractivity contribution in [2.45, 2.75) is 13.0 Å². The maximum Gasteiger partial charge on any atom is 0.140 e. The molecule has 1 atom stereocenters. The largest absolute Gasteiger partial charge is 0.496 e. The van der Waals surface area contributed by atoms with Crippen LogP contribution in [0.4, 0.5) is 4.39 Å². The third-order valence-corrected chi connectivity index (χ3v) is 3.60. The molecule has 2 rings (SSSR count). The summed E-state index contributed by atoms with van der Waals surface area (Å²) >= 11 is 1.26. The van der Waals surface area contributed by atoms with Crippen LogP contribution in [0.25, 0.3) is 0 Å². The number of hydrogen-bond donors (Lipinski definition) is 1. The topological polar surface area (TPSA) is 29.5 Å². The molecule has 0 spiro atoms. The van der Waals surface area contributed by atoms with E-state index in [1.165, 1.54) is 24.5 Å². The highest BCUT2D eigenvalue weighted by molar-refractivity contribution is 7.12. The molecule has 2 aromatic rings. The van der Waals surface area contributed by atoms with E-state index in [4.69, 9.17) is 4.74 Å². The van der Waals surface area contributed by atoms with Crippen LogP contribution in [-0.2, 0) is 0 Å². The van der Waals surface area contributed by atoms with Crippen LogP contribution in [0.2, 0.25) is 0 Å². The Kier molecular flexibility index (Phi) is 3.45. The number of ether oxygens (including phenoxy) is 1. The number of hydrogen-bond acceptors (Lipinski definition) is 3. The number of thiophene rings is 1. The van der Waals surface area contributed by atoms with Gasteiger partial charge in [0.2, 0.25) is 0 Å². The van der Waals surface area contributed by atoms with Gasteiger partial charge in [-0.1, -0.05) is 18.2 Å². The SMILES string of the molecule is COc1ccccc1C(O)c1sc(C)cc1F. The minimum atomic E-state index is -0.982. The fourth-order valence-electron chi connectivity index (χ4n) is 1.72. The van der Waals surface area contributed by atoms with Gasteiger partial charge in [-0.2, -0.15) is 0 Å². The zero-order valence-electron chi connectivity index (χ0n) is 9.61. The molecule has 0 aliphatic rings. The summed E-state index contributed by atoms with van der Waals surface area (Å²) in [6.45, 7) is 1.81. The van der Waals surface area contributed by atoms with Crippen LogP contribution in [0.1, 0.15) is 21.4 Å². The summed E-state index contributed by atoms with van der Waals surface area (Å²) in [6.07, 6.45) is -0.982. The molecule has 1 aromatic heterocycles. The van der Waals surface area contributed by atoms with Gasteiger partial charge in [0.15, 0.2) is 0 Å². The smallest absolute Gasteiger partial charge is 0.140 e. The van der Waals surface area contributed by atoms with Crippen molar-refractivity contribution >= 4 is 11.3 Å². The Hall–Kier alpha value is -1.39. The number of aliphatic hydroxyl groups excluding tert-OH is 1. The van der Waals surface area contributed by atoms with Gasteiger partial charge in [-0.15, -0.1) is 11.3 Å². The fraction of sp³-hybridized carbons (Fsp3) is 0.231. The van der Waals surface area contributed by atoms with Crippen molar-refractivity contribution in [3.05, 3.63) is 51.5 Å². The van der Waals surface area contributed by atoms with E-state index in [9.17, 15) is 9.50 Å². The Balaban J connectivity index is 2.43. The first kappa shape index (κ1) is 12.1. The molecule has 1 unspecified atom stereocenters. The van der Waals surface area contributed by atoms with Crippen LogP contribution in [0, 0.1) is 12.7 Å². The summed E-state index contributed by atoms with van der Waals surface area (Å²) in [7, 11) is 1.53. The highest BCUT2D eigenvalue weighted by Gasteiger charge is 2.20. The minimum Gasteiger partial charge on any atom is -0.496 e. The zero-order valence-corrected chi connectivity index (χ0v) is 10.4. The van der Waals surface area contributed by atoms with E-state index < -0.39 is 6.10 Å². The Morgan fingerprint density at radius 1 is 1.35 bits per heavy atom. The maximum atomic E-state index is 13.6. The standard InChI is InChI=1S/C13H13FO2S/c1-8-7-10(14)13(17-8)12(15)9-5-3-4-6-11(9)16-2/h3-7,12,15H,1-2H3. The fourth-order valence-corrected chi connectivity index (χ4v) is 2.63. The summed E-state index contributed by atoms with van der Waals surface area (Å²) in [4.78, 5) is 1.17. The van der Waals surface area contributed by atoms with Crippen molar-refractivity contribution < 1.29 is 14.2 Å². The molecule has 0 aliphatic carbocycles. The van der Waals surface area contributed by atoms with E-state index in [1.807, 2.05) is 13.0 Å². The molecule has 2 nitrogen and oxygen atoms in total. The first-order chi connectivity index (χ1) is 8.13.